The maximum absolute atomic E-state index is 10.9. The largest absolute Gasteiger partial charge is 0.381 e. The number of nitrogens with zero attached hydrogens (tertiary/aromatic N) is 3. The molecular formula is C15H20N4O2. The lowest BCUT2D eigenvalue weighted by Gasteiger charge is -2.10. The molecule has 0 aliphatic heterocycles. The summed E-state index contributed by atoms with van der Waals surface area (Å²) in [6.45, 7) is 7.30. The van der Waals surface area contributed by atoms with Crippen LogP contribution in [0.1, 0.15) is 30.0 Å². The molecule has 0 fully saturated rings. The number of aryl methyl sites for hydroxylation is 3. The molecule has 0 aliphatic rings. The van der Waals surface area contributed by atoms with Gasteiger partial charge in [-0.1, -0.05) is 6.92 Å². The molecule has 0 amide bonds. The molecule has 6 heteroatoms. The van der Waals surface area contributed by atoms with Crippen LogP contribution in [-0.2, 0) is 13.1 Å². The van der Waals surface area contributed by atoms with E-state index in [9.17, 15) is 10.1 Å². The first kappa shape index (κ1) is 15.0. The van der Waals surface area contributed by atoms with Crippen LogP contribution in [0.15, 0.2) is 24.5 Å². The molecule has 1 aromatic carbocycles. The molecule has 0 unspecified atom stereocenters. The minimum Gasteiger partial charge on any atom is -0.381 e. The molecule has 0 atom stereocenters. The Morgan fingerprint density at radius 3 is 2.76 bits per heavy atom. The van der Waals surface area contributed by atoms with Gasteiger partial charge in [0.1, 0.15) is 0 Å². The summed E-state index contributed by atoms with van der Waals surface area (Å²) < 4.78 is 1.92. The second kappa shape index (κ2) is 6.39. The van der Waals surface area contributed by atoms with E-state index in [1.807, 2.05) is 30.1 Å². The maximum Gasteiger partial charge on any atom is 0.272 e. The zero-order valence-electron chi connectivity index (χ0n) is 12.6. The molecule has 1 heterocycles. The topological polar surface area (TPSA) is 73.0 Å². The molecule has 0 aliphatic carbocycles. The molecule has 0 saturated carbocycles. The SMILES string of the molecule is CCCn1cc(CNc2cc(C)c([N+](=O)[O-])cc2C)cn1. The number of anilines is 1. The van der Waals surface area contributed by atoms with E-state index in [4.69, 9.17) is 0 Å². The molecule has 1 aromatic heterocycles. The van der Waals surface area contributed by atoms with Crippen molar-refractivity contribution in [3.8, 4) is 0 Å². The normalized spacial score (nSPS) is 10.6. The van der Waals surface area contributed by atoms with Crippen molar-refractivity contribution in [2.45, 2.75) is 40.3 Å². The van der Waals surface area contributed by atoms with Gasteiger partial charge in [-0.15, -0.1) is 0 Å². The smallest absolute Gasteiger partial charge is 0.272 e. The molecular weight excluding hydrogens is 268 g/mol. The lowest BCUT2D eigenvalue weighted by molar-refractivity contribution is -0.385. The highest BCUT2D eigenvalue weighted by molar-refractivity contribution is 5.59. The van der Waals surface area contributed by atoms with E-state index >= 15 is 0 Å². The third-order valence-electron chi connectivity index (χ3n) is 3.36. The maximum atomic E-state index is 10.9. The highest BCUT2D eigenvalue weighted by atomic mass is 16.6. The third kappa shape index (κ3) is 3.59. The lowest BCUT2D eigenvalue weighted by Crippen LogP contribution is -2.02. The van der Waals surface area contributed by atoms with Gasteiger partial charge in [-0.05, 0) is 31.9 Å². The Morgan fingerprint density at radius 1 is 1.33 bits per heavy atom. The van der Waals surface area contributed by atoms with Gasteiger partial charge in [-0.3, -0.25) is 14.8 Å². The van der Waals surface area contributed by atoms with Crippen LogP contribution < -0.4 is 5.32 Å². The Labute approximate surface area is 123 Å². The first-order chi connectivity index (χ1) is 10.0. The standard InChI is InChI=1S/C15H20N4O2/c1-4-5-18-10-13(9-17-18)8-16-14-6-12(3)15(19(20)21)7-11(14)2/h6-7,9-10,16H,4-5,8H2,1-3H3. The monoisotopic (exact) mass is 288 g/mol. The summed E-state index contributed by atoms with van der Waals surface area (Å²) in [6.07, 6.45) is 4.91. The highest BCUT2D eigenvalue weighted by Crippen LogP contribution is 2.26. The van der Waals surface area contributed by atoms with Crippen LogP contribution >= 0.6 is 0 Å². The Morgan fingerprint density at radius 2 is 2.10 bits per heavy atom. The Hall–Kier alpha value is -2.37. The summed E-state index contributed by atoms with van der Waals surface area (Å²) in [4.78, 5) is 10.6. The molecule has 2 aromatic rings. The van der Waals surface area contributed by atoms with Crippen molar-refractivity contribution in [3.05, 3.63) is 51.3 Å². The van der Waals surface area contributed by atoms with Gasteiger partial charge >= 0.3 is 0 Å². The molecule has 1 N–H and O–H groups in total. The zero-order chi connectivity index (χ0) is 15.4. The van der Waals surface area contributed by atoms with Gasteiger partial charge in [0.25, 0.3) is 5.69 Å². The van der Waals surface area contributed by atoms with Crippen LogP contribution in [0.2, 0.25) is 0 Å². The van der Waals surface area contributed by atoms with E-state index in [0.29, 0.717) is 12.1 Å². The van der Waals surface area contributed by atoms with E-state index in [1.165, 1.54) is 0 Å². The first-order valence-electron chi connectivity index (χ1n) is 7.02. The fourth-order valence-electron chi connectivity index (χ4n) is 2.23. The van der Waals surface area contributed by atoms with Gasteiger partial charge in [0, 0.05) is 42.2 Å². The summed E-state index contributed by atoms with van der Waals surface area (Å²) in [6, 6.07) is 3.43. The minimum atomic E-state index is -0.346. The zero-order valence-corrected chi connectivity index (χ0v) is 12.6. The number of rotatable bonds is 6. The molecule has 2 rings (SSSR count). The summed E-state index contributed by atoms with van der Waals surface area (Å²) in [5.74, 6) is 0. The number of hydrogen-bond donors (Lipinski definition) is 1. The number of nitrogens with one attached hydrogen (secondary N) is 1. The predicted molar refractivity (Wildman–Crippen MR) is 82.4 cm³/mol. The number of hydrogen-bond acceptors (Lipinski definition) is 4. The highest BCUT2D eigenvalue weighted by Gasteiger charge is 2.13. The van der Waals surface area contributed by atoms with Gasteiger partial charge in [0.15, 0.2) is 0 Å². The fourth-order valence-corrected chi connectivity index (χ4v) is 2.23. The van der Waals surface area contributed by atoms with Crippen molar-refractivity contribution >= 4 is 11.4 Å². The van der Waals surface area contributed by atoms with Crippen LogP contribution in [0.5, 0.6) is 0 Å². The van der Waals surface area contributed by atoms with Gasteiger partial charge in [0.05, 0.1) is 11.1 Å². The number of aromatic nitrogens is 2. The van der Waals surface area contributed by atoms with E-state index in [-0.39, 0.29) is 10.6 Å². The number of benzene rings is 1. The molecule has 112 valence electrons. The van der Waals surface area contributed by atoms with E-state index in [2.05, 4.69) is 17.3 Å². The third-order valence-corrected chi connectivity index (χ3v) is 3.36. The molecule has 6 nitrogen and oxygen atoms in total. The second-order valence-corrected chi connectivity index (χ2v) is 5.18. The Bertz CT molecular complexity index is 649. The van der Waals surface area contributed by atoms with Crippen molar-refractivity contribution in [1.29, 1.82) is 0 Å². The quantitative estimate of drug-likeness (QED) is 0.653. The summed E-state index contributed by atoms with van der Waals surface area (Å²) >= 11 is 0. The van der Waals surface area contributed by atoms with Gasteiger partial charge in [-0.2, -0.15) is 5.10 Å². The molecule has 0 radical (unpaired) electrons. The lowest BCUT2D eigenvalue weighted by atomic mass is 10.1. The minimum absolute atomic E-state index is 0.161. The number of nitro benzene ring substituents is 1. The number of nitro groups is 1. The molecule has 0 spiro atoms. The second-order valence-electron chi connectivity index (χ2n) is 5.18. The average Bonchev–Trinajstić information content (AvgIpc) is 2.87. The van der Waals surface area contributed by atoms with Crippen molar-refractivity contribution in [2.75, 3.05) is 5.32 Å². The van der Waals surface area contributed by atoms with Crippen LogP contribution in [0.3, 0.4) is 0 Å². The van der Waals surface area contributed by atoms with Crippen LogP contribution in [0, 0.1) is 24.0 Å². The van der Waals surface area contributed by atoms with Crippen molar-refractivity contribution in [3.63, 3.8) is 0 Å². The summed E-state index contributed by atoms with van der Waals surface area (Å²) in [5.41, 5.74) is 3.71. The molecule has 21 heavy (non-hydrogen) atoms. The van der Waals surface area contributed by atoms with E-state index in [0.717, 1.165) is 29.8 Å². The molecule has 0 bridgehead atoms. The van der Waals surface area contributed by atoms with Gasteiger partial charge in [-0.25, -0.2) is 0 Å². The first-order valence-corrected chi connectivity index (χ1v) is 7.02. The van der Waals surface area contributed by atoms with Crippen LogP contribution in [0.4, 0.5) is 11.4 Å². The fraction of sp³-hybridized carbons (Fsp3) is 0.400. The Balaban J connectivity index is 2.09. The van der Waals surface area contributed by atoms with Crippen molar-refractivity contribution < 1.29 is 4.92 Å². The van der Waals surface area contributed by atoms with Gasteiger partial charge in [0.2, 0.25) is 0 Å². The molecule has 0 saturated heterocycles. The Kier molecular flexibility index (Phi) is 4.57. The average molecular weight is 288 g/mol. The van der Waals surface area contributed by atoms with E-state index in [1.54, 1.807) is 13.0 Å². The van der Waals surface area contributed by atoms with E-state index < -0.39 is 0 Å². The van der Waals surface area contributed by atoms with Gasteiger partial charge < -0.3 is 5.32 Å². The summed E-state index contributed by atoms with van der Waals surface area (Å²) in [5, 5.41) is 18.5. The van der Waals surface area contributed by atoms with Crippen molar-refractivity contribution in [1.82, 2.24) is 9.78 Å². The van der Waals surface area contributed by atoms with Crippen LogP contribution in [-0.4, -0.2) is 14.7 Å². The predicted octanol–water partition coefficient (Wildman–Crippen LogP) is 3.43. The summed E-state index contributed by atoms with van der Waals surface area (Å²) in [7, 11) is 0. The van der Waals surface area contributed by atoms with Crippen LogP contribution in [0.25, 0.3) is 0 Å². The van der Waals surface area contributed by atoms with Crippen molar-refractivity contribution in [2.24, 2.45) is 0 Å².